The van der Waals surface area contributed by atoms with Crippen molar-refractivity contribution in [1.29, 1.82) is 0 Å². The van der Waals surface area contributed by atoms with Gasteiger partial charge in [0.25, 0.3) is 5.91 Å². The molecule has 28 heavy (non-hydrogen) atoms. The SMILES string of the molecule is O=C(NCc1ccccc1C[NH+]1CCOCC1)c1ccc(-n2cccn2)cc1. The summed E-state index contributed by atoms with van der Waals surface area (Å²) in [4.78, 5) is 14.1. The normalized spacial score (nSPS) is 14.7. The van der Waals surface area contributed by atoms with E-state index in [1.807, 2.05) is 42.6 Å². The number of quaternary nitrogens is 1. The summed E-state index contributed by atoms with van der Waals surface area (Å²) in [5.74, 6) is -0.0689. The highest BCUT2D eigenvalue weighted by molar-refractivity contribution is 5.94. The lowest BCUT2D eigenvalue weighted by Gasteiger charge is -2.24. The number of nitrogens with zero attached hydrogens (tertiary/aromatic N) is 2. The maximum atomic E-state index is 12.6. The number of benzene rings is 2. The van der Waals surface area contributed by atoms with Gasteiger partial charge in [-0.05, 0) is 35.9 Å². The predicted octanol–water partition coefficient (Wildman–Crippen LogP) is 1.22. The lowest BCUT2D eigenvalue weighted by molar-refractivity contribution is -0.921. The highest BCUT2D eigenvalue weighted by Crippen LogP contribution is 2.11. The van der Waals surface area contributed by atoms with Crippen molar-refractivity contribution in [2.75, 3.05) is 26.3 Å². The molecule has 2 heterocycles. The third-order valence-electron chi connectivity index (χ3n) is 5.10. The number of rotatable bonds is 6. The summed E-state index contributed by atoms with van der Waals surface area (Å²) < 4.78 is 7.21. The van der Waals surface area contributed by atoms with Crippen LogP contribution in [0.15, 0.2) is 67.0 Å². The maximum absolute atomic E-state index is 12.6. The average Bonchev–Trinajstić information content (AvgIpc) is 3.29. The predicted molar refractivity (Wildman–Crippen MR) is 106 cm³/mol. The summed E-state index contributed by atoms with van der Waals surface area (Å²) in [6, 6.07) is 17.7. The lowest BCUT2D eigenvalue weighted by atomic mass is 10.1. The van der Waals surface area contributed by atoms with Crippen LogP contribution >= 0.6 is 0 Å². The molecule has 1 aliphatic heterocycles. The summed E-state index contributed by atoms with van der Waals surface area (Å²) in [7, 11) is 0. The van der Waals surface area contributed by atoms with Gasteiger partial charge in [-0.2, -0.15) is 5.10 Å². The van der Waals surface area contributed by atoms with Gasteiger partial charge in [0.05, 0.1) is 18.9 Å². The Labute approximate surface area is 164 Å². The molecule has 0 atom stereocenters. The molecule has 1 aliphatic rings. The van der Waals surface area contributed by atoms with Crippen molar-refractivity contribution in [3.8, 4) is 5.69 Å². The monoisotopic (exact) mass is 377 g/mol. The molecule has 0 aliphatic carbocycles. The zero-order valence-electron chi connectivity index (χ0n) is 15.8. The number of aromatic nitrogens is 2. The number of morpholine rings is 1. The van der Waals surface area contributed by atoms with Gasteiger partial charge in [0, 0.05) is 30.1 Å². The Morgan fingerprint density at radius 2 is 1.79 bits per heavy atom. The second kappa shape index (κ2) is 8.82. The van der Waals surface area contributed by atoms with E-state index in [0.29, 0.717) is 12.1 Å². The molecule has 6 nitrogen and oxygen atoms in total. The second-order valence-electron chi connectivity index (χ2n) is 6.99. The Bertz CT molecular complexity index is 901. The number of amides is 1. The van der Waals surface area contributed by atoms with Crippen LogP contribution in [0.25, 0.3) is 5.69 Å². The van der Waals surface area contributed by atoms with Crippen LogP contribution in [0, 0.1) is 0 Å². The van der Waals surface area contributed by atoms with Gasteiger partial charge in [-0.15, -0.1) is 0 Å². The molecule has 1 saturated heterocycles. The number of ether oxygens (including phenoxy) is 1. The van der Waals surface area contributed by atoms with E-state index in [9.17, 15) is 4.79 Å². The van der Waals surface area contributed by atoms with Crippen LogP contribution in [0.5, 0.6) is 0 Å². The van der Waals surface area contributed by atoms with E-state index in [2.05, 4.69) is 28.6 Å². The molecule has 2 aromatic carbocycles. The van der Waals surface area contributed by atoms with Crippen LogP contribution in [0.2, 0.25) is 0 Å². The van der Waals surface area contributed by atoms with Crippen molar-refractivity contribution >= 4 is 5.91 Å². The molecule has 0 radical (unpaired) electrons. The molecule has 144 valence electrons. The first-order chi connectivity index (χ1) is 13.8. The van der Waals surface area contributed by atoms with E-state index in [1.165, 1.54) is 16.0 Å². The molecule has 0 unspecified atom stereocenters. The van der Waals surface area contributed by atoms with E-state index in [0.717, 1.165) is 38.5 Å². The number of carbonyl (C=O) groups excluding carboxylic acids is 1. The van der Waals surface area contributed by atoms with Crippen molar-refractivity contribution in [2.24, 2.45) is 0 Å². The topological polar surface area (TPSA) is 60.6 Å². The van der Waals surface area contributed by atoms with Gasteiger partial charge in [-0.3, -0.25) is 4.79 Å². The van der Waals surface area contributed by atoms with Crippen molar-refractivity contribution in [3.63, 3.8) is 0 Å². The summed E-state index contributed by atoms with van der Waals surface area (Å²) in [5.41, 5.74) is 4.03. The molecule has 6 heteroatoms. The first kappa shape index (κ1) is 18.4. The van der Waals surface area contributed by atoms with E-state index in [4.69, 9.17) is 4.74 Å². The summed E-state index contributed by atoms with van der Waals surface area (Å²) in [5, 5.41) is 7.25. The van der Waals surface area contributed by atoms with Gasteiger partial charge in [-0.25, -0.2) is 4.68 Å². The quantitative estimate of drug-likeness (QED) is 0.679. The van der Waals surface area contributed by atoms with Crippen LogP contribution < -0.4 is 10.2 Å². The highest BCUT2D eigenvalue weighted by atomic mass is 16.5. The van der Waals surface area contributed by atoms with Crippen LogP contribution in [0.4, 0.5) is 0 Å². The number of hydrogen-bond donors (Lipinski definition) is 2. The van der Waals surface area contributed by atoms with Gasteiger partial charge in [0.2, 0.25) is 0 Å². The zero-order chi connectivity index (χ0) is 19.2. The Kier molecular flexibility index (Phi) is 5.80. The fourth-order valence-electron chi connectivity index (χ4n) is 3.47. The minimum Gasteiger partial charge on any atom is -0.370 e. The minimum atomic E-state index is -0.0689. The number of carbonyl (C=O) groups is 1. The molecule has 2 N–H and O–H groups in total. The second-order valence-corrected chi connectivity index (χ2v) is 6.99. The van der Waals surface area contributed by atoms with E-state index >= 15 is 0 Å². The summed E-state index contributed by atoms with van der Waals surface area (Å²) in [6.07, 6.45) is 3.61. The molecule has 1 amide bonds. The van der Waals surface area contributed by atoms with E-state index < -0.39 is 0 Å². The molecule has 3 aromatic rings. The fraction of sp³-hybridized carbons (Fsp3) is 0.273. The van der Waals surface area contributed by atoms with E-state index in [-0.39, 0.29) is 5.91 Å². The fourth-order valence-corrected chi connectivity index (χ4v) is 3.47. The summed E-state index contributed by atoms with van der Waals surface area (Å²) >= 11 is 0. The van der Waals surface area contributed by atoms with Gasteiger partial charge < -0.3 is 15.0 Å². The first-order valence-corrected chi connectivity index (χ1v) is 9.66. The zero-order valence-corrected chi connectivity index (χ0v) is 15.8. The van der Waals surface area contributed by atoms with Crippen molar-refractivity contribution in [3.05, 3.63) is 83.7 Å². The van der Waals surface area contributed by atoms with Crippen molar-refractivity contribution in [1.82, 2.24) is 15.1 Å². The average molecular weight is 377 g/mol. The maximum Gasteiger partial charge on any atom is 0.251 e. The van der Waals surface area contributed by atoms with Crippen LogP contribution in [-0.4, -0.2) is 42.0 Å². The molecule has 0 saturated carbocycles. The third-order valence-corrected chi connectivity index (χ3v) is 5.10. The van der Waals surface area contributed by atoms with E-state index in [1.54, 1.807) is 10.9 Å². The Morgan fingerprint density at radius 3 is 2.50 bits per heavy atom. The molecule has 0 bridgehead atoms. The van der Waals surface area contributed by atoms with Gasteiger partial charge >= 0.3 is 0 Å². The molecule has 0 spiro atoms. The smallest absolute Gasteiger partial charge is 0.251 e. The standard InChI is InChI=1S/C22H24N4O2/c27-22(18-6-8-21(9-7-18)26-11-3-10-24-26)23-16-19-4-1-2-5-20(19)17-25-12-14-28-15-13-25/h1-11H,12-17H2,(H,23,27)/p+1. The Balaban J connectivity index is 1.38. The van der Waals surface area contributed by atoms with Crippen LogP contribution in [0.3, 0.4) is 0 Å². The minimum absolute atomic E-state index is 0.0689. The largest absolute Gasteiger partial charge is 0.370 e. The lowest BCUT2D eigenvalue weighted by Crippen LogP contribution is -3.12. The number of hydrogen-bond acceptors (Lipinski definition) is 3. The Hall–Kier alpha value is -2.96. The molecule has 1 aromatic heterocycles. The van der Waals surface area contributed by atoms with Crippen LogP contribution in [-0.2, 0) is 17.8 Å². The highest BCUT2D eigenvalue weighted by Gasteiger charge is 2.16. The van der Waals surface area contributed by atoms with Gasteiger partial charge in [0.15, 0.2) is 0 Å². The van der Waals surface area contributed by atoms with Gasteiger partial charge in [-0.1, -0.05) is 24.3 Å². The molecule has 4 rings (SSSR count). The van der Waals surface area contributed by atoms with Crippen molar-refractivity contribution < 1.29 is 14.4 Å². The molecular formula is C22H25N4O2+. The first-order valence-electron chi connectivity index (χ1n) is 9.66. The third kappa shape index (κ3) is 4.47. The molecule has 1 fully saturated rings. The Morgan fingerprint density at radius 1 is 1.04 bits per heavy atom. The van der Waals surface area contributed by atoms with Crippen molar-refractivity contribution in [2.45, 2.75) is 13.1 Å². The summed E-state index contributed by atoms with van der Waals surface area (Å²) in [6.45, 7) is 5.20. The number of nitrogens with one attached hydrogen (secondary N) is 2. The van der Waals surface area contributed by atoms with Crippen LogP contribution in [0.1, 0.15) is 21.5 Å². The van der Waals surface area contributed by atoms with Gasteiger partial charge in [0.1, 0.15) is 19.6 Å². The molecular weight excluding hydrogens is 352 g/mol.